The number of rotatable bonds is 8. The smallest absolute Gasteiger partial charge is 0.400 e. The topological polar surface area (TPSA) is 187 Å². The zero-order valence-corrected chi connectivity index (χ0v) is 13.8. The maximum absolute atomic E-state index is 10.5. The largest absolute Gasteiger partial charge is 0.433 e. The summed E-state index contributed by atoms with van der Waals surface area (Å²) in [6.07, 6.45) is 3.89. The van der Waals surface area contributed by atoms with E-state index in [4.69, 9.17) is 8.83 Å². The average Bonchev–Trinajstić information content (AvgIpc) is 3.32. The van der Waals surface area contributed by atoms with Crippen molar-refractivity contribution >= 4 is 36.0 Å². The Hall–Kier alpha value is -4.62. The fraction of sp³-hybridized carbons (Fsp3) is 0. The van der Waals surface area contributed by atoms with Gasteiger partial charge in [0.1, 0.15) is 9.85 Å². The molecule has 14 nitrogen and oxygen atoms in total. The highest BCUT2D eigenvalue weighted by molar-refractivity contribution is 5.77. The van der Waals surface area contributed by atoms with Crippen LogP contribution in [0.15, 0.2) is 55.6 Å². The number of furan rings is 2. The SMILES string of the molecule is O=[N+]([O-])c1ccc(/C=N/Nc2ccnc(N/N=C/c3ccc([N+](=O)[O-])o3)n2)o1. The predicted molar refractivity (Wildman–Crippen MR) is 95.2 cm³/mol. The minimum absolute atomic E-state index is 0.117. The van der Waals surface area contributed by atoms with E-state index in [0.717, 1.165) is 0 Å². The molecule has 0 spiro atoms. The third kappa shape index (κ3) is 4.72. The molecule has 0 fully saturated rings. The molecule has 0 aliphatic rings. The maximum atomic E-state index is 10.5. The number of nitro groups is 2. The lowest BCUT2D eigenvalue weighted by molar-refractivity contribution is -0.402. The van der Waals surface area contributed by atoms with Crippen LogP contribution in [-0.4, -0.2) is 32.2 Å². The fourth-order valence-corrected chi connectivity index (χ4v) is 1.81. The molecule has 0 unspecified atom stereocenters. The van der Waals surface area contributed by atoms with Crippen LogP contribution in [0.5, 0.6) is 0 Å². The molecule has 0 amide bonds. The zero-order chi connectivity index (χ0) is 19.9. The number of anilines is 2. The molecule has 28 heavy (non-hydrogen) atoms. The second-order valence-corrected chi connectivity index (χ2v) is 4.87. The third-order valence-corrected chi connectivity index (χ3v) is 2.97. The average molecular weight is 386 g/mol. The molecular weight excluding hydrogens is 376 g/mol. The van der Waals surface area contributed by atoms with Crippen molar-refractivity contribution in [1.29, 1.82) is 0 Å². The third-order valence-electron chi connectivity index (χ3n) is 2.97. The molecule has 0 aliphatic carbocycles. The van der Waals surface area contributed by atoms with Crippen molar-refractivity contribution in [2.24, 2.45) is 10.2 Å². The molecule has 3 aromatic rings. The zero-order valence-electron chi connectivity index (χ0n) is 13.8. The summed E-state index contributed by atoms with van der Waals surface area (Å²) in [6, 6.07) is 6.71. The summed E-state index contributed by atoms with van der Waals surface area (Å²) in [4.78, 5) is 27.7. The van der Waals surface area contributed by atoms with Gasteiger partial charge in [0.2, 0.25) is 5.95 Å². The summed E-state index contributed by atoms with van der Waals surface area (Å²) >= 11 is 0. The Morgan fingerprint density at radius 1 is 0.893 bits per heavy atom. The molecule has 0 aliphatic heterocycles. The highest BCUT2D eigenvalue weighted by atomic mass is 16.7. The van der Waals surface area contributed by atoms with Gasteiger partial charge >= 0.3 is 11.8 Å². The summed E-state index contributed by atoms with van der Waals surface area (Å²) in [7, 11) is 0. The molecule has 0 atom stereocenters. The van der Waals surface area contributed by atoms with Gasteiger partial charge in [-0.1, -0.05) is 0 Å². The Kier molecular flexibility index (Phi) is 5.31. The van der Waals surface area contributed by atoms with E-state index in [9.17, 15) is 20.2 Å². The fourth-order valence-electron chi connectivity index (χ4n) is 1.81. The van der Waals surface area contributed by atoms with E-state index in [2.05, 4.69) is 31.0 Å². The summed E-state index contributed by atoms with van der Waals surface area (Å²) in [5.41, 5.74) is 5.13. The number of hydrogen-bond donors (Lipinski definition) is 2. The molecule has 14 heteroatoms. The molecule has 2 N–H and O–H groups in total. The molecular formula is C14H10N8O6. The highest BCUT2D eigenvalue weighted by Gasteiger charge is 2.11. The molecule has 0 aromatic carbocycles. The van der Waals surface area contributed by atoms with Crippen molar-refractivity contribution in [3.05, 3.63) is 68.3 Å². The van der Waals surface area contributed by atoms with Gasteiger partial charge in [0.25, 0.3) is 0 Å². The summed E-state index contributed by atoms with van der Waals surface area (Å²) in [5, 5.41) is 28.7. The van der Waals surface area contributed by atoms with Crippen LogP contribution in [0.3, 0.4) is 0 Å². The van der Waals surface area contributed by atoms with E-state index < -0.39 is 21.6 Å². The van der Waals surface area contributed by atoms with Gasteiger partial charge in [-0.25, -0.2) is 10.4 Å². The lowest BCUT2D eigenvalue weighted by Gasteiger charge is -2.01. The number of nitrogens with zero attached hydrogens (tertiary/aromatic N) is 6. The van der Waals surface area contributed by atoms with Crippen LogP contribution in [0.4, 0.5) is 23.5 Å². The van der Waals surface area contributed by atoms with Crippen LogP contribution in [-0.2, 0) is 0 Å². The Labute approximate surface area is 154 Å². The van der Waals surface area contributed by atoms with E-state index in [-0.39, 0.29) is 17.5 Å². The lowest BCUT2D eigenvalue weighted by Crippen LogP contribution is -2.00. The Bertz CT molecular complexity index is 976. The Balaban J connectivity index is 1.57. The lowest BCUT2D eigenvalue weighted by atomic mass is 10.5. The maximum Gasteiger partial charge on any atom is 0.433 e. The molecule has 3 rings (SSSR count). The van der Waals surface area contributed by atoms with E-state index in [1.54, 1.807) is 0 Å². The summed E-state index contributed by atoms with van der Waals surface area (Å²) < 4.78 is 9.82. The van der Waals surface area contributed by atoms with Crippen LogP contribution in [0.2, 0.25) is 0 Å². The van der Waals surface area contributed by atoms with Gasteiger partial charge in [-0.15, -0.1) is 0 Å². The van der Waals surface area contributed by atoms with Crippen molar-refractivity contribution in [2.45, 2.75) is 0 Å². The van der Waals surface area contributed by atoms with Crippen LogP contribution in [0.25, 0.3) is 0 Å². The molecule has 0 saturated carbocycles. The first-order valence-electron chi connectivity index (χ1n) is 7.41. The van der Waals surface area contributed by atoms with Crippen molar-refractivity contribution in [3.63, 3.8) is 0 Å². The predicted octanol–water partition coefficient (Wildman–Crippen LogP) is 2.37. The number of hydrogen-bond acceptors (Lipinski definition) is 12. The first-order valence-corrected chi connectivity index (χ1v) is 7.41. The Morgan fingerprint density at radius 3 is 2.00 bits per heavy atom. The Morgan fingerprint density at radius 2 is 1.46 bits per heavy atom. The summed E-state index contributed by atoms with van der Waals surface area (Å²) in [5.74, 6) is -0.0162. The van der Waals surface area contributed by atoms with E-state index in [1.807, 2.05) is 0 Å². The van der Waals surface area contributed by atoms with Crippen LogP contribution < -0.4 is 10.9 Å². The van der Waals surface area contributed by atoms with Crippen molar-refractivity contribution < 1.29 is 18.7 Å². The van der Waals surface area contributed by atoms with Gasteiger partial charge in [0.05, 0.1) is 24.6 Å². The van der Waals surface area contributed by atoms with Gasteiger partial charge in [0, 0.05) is 12.3 Å². The van der Waals surface area contributed by atoms with Crippen molar-refractivity contribution in [3.8, 4) is 0 Å². The molecule has 0 saturated heterocycles. The van der Waals surface area contributed by atoms with Gasteiger partial charge < -0.3 is 8.83 Å². The van der Waals surface area contributed by atoms with Gasteiger partial charge in [-0.05, 0) is 12.1 Å². The number of hydrazone groups is 2. The minimum Gasteiger partial charge on any atom is -0.400 e. The molecule has 142 valence electrons. The van der Waals surface area contributed by atoms with Gasteiger partial charge in [-0.3, -0.25) is 25.7 Å². The van der Waals surface area contributed by atoms with Crippen LogP contribution in [0.1, 0.15) is 11.5 Å². The van der Waals surface area contributed by atoms with Gasteiger partial charge in [0.15, 0.2) is 17.3 Å². The number of nitrogens with one attached hydrogen (secondary N) is 2. The monoisotopic (exact) mass is 386 g/mol. The molecule has 3 aromatic heterocycles. The molecule has 0 bridgehead atoms. The van der Waals surface area contributed by atoms with Gasteiger partial charge in [-0.2, -0.15) is 15.2 Å². The van der Waals surface area contributed by atoms with Crippen molar-refractivity contribution in [1.82, 2.24) is 9.97 Å². The first-order chi connectivity index (χ1) is 13.5. The second kappa shape index (κ2) is 8.17. The van der Waals surface area contributed by atoms with Crippen molar-refractivity contribution in [2.75, 3.05) is 10.9 Å². The standard InChI is InChI=1S/C14H10N8O6/c23-21(24)12-3-1-9(27-12)7-16-19-11-5-6-15-14(18-11)20-17-8-10-2-4-13(28-10)22(25)26/h1-8H,(H2,15,18,19,20)/b16-7+,17-8+. The van der Waals surface area contributed by atoms with E-state index >= 15 is 0 Å². The second-order valence-electron chi connectivity index (χ2n) is 4.87. The quantitative estimate of drug-likeness (QED) is 0.330. The normalized spacial score (nSPS) is 11.1. The summed E-state index contributed by atoms with van der Waals surface area (Å²) in [6.45, 7) is 0. The number of aromatic nitrogens is 2. The minimum atomic E-state index is -0.662. The molecule has 0 radical (unpaired) electrons. The van der Waals surface area contributed by atoms with Crippen LogP contribution in [0, 0.1) is 20.2 Å². The van der Waals surface area contributed by atoms with Crippen LogP contribution >= 0.6 is 0 Å². The highest BCUT2D eigenvalue weighted by Crippen LogP contribution is 2.15. The molecule has 3 heterocycles. The first kappa shape index (κ1) is 18.2. The van der Waals surface area contributed by atoms with E-state index in [0.29, 0.717) is 5.82 Å². The van der Waals surface area contributed by atoms with E-state index in [1.165, 1.54) is 49.0 Å².